The van der Waals surface area contributed by atoms with E-state index in [0.717, 1.165) is 11.3 Å². The molecule has 0 aliphatic carbocycles. The second-order valence-electron chi connectivity index (χ2n) is 4.01. The number of carbonyl (C=O) groups is 2. The van der Waals surface area contributed by atoms with Gasteiger partial charge in [0.25, 0.3) is 11.8 Å². The molecule has 4 nitrogen and oxygen atoms in total. The van der Waals surface area contributed by atoms with Crippen LogP contribution in [0.5, 0.6) is 0 Å². The van der Waals surface area contributed by atoms with Crippen molar-refractivity contribution >= 4 is 34.8 Å². The molecule has 0 aliphatic rings. The van der Waals surface area contributed by atoms with Crippen molar-refractivity contribution in [3.63, 3.8) is 0 Å². The Hall–Kier alpha value is -1.85. The second kappa shape index (κ2) is 6.54. The number of hydrazine groups is 1. The van der Waals surface area contributed by atoms with Gasteiger partial charge < -0.3 is 0 Å². The fourth-order valence-corrected chi connectivity index (χ4v) is 2.64. The highest BCUT2D eigenvalue weighted by molar-refractivity contribution is 7.14. The monoisotopic (exact) mass is 308 g/mol. The molecule has 104 valence electrons. The van der Waals surface area contributed by atoms with Crippen LogP contribution in [0.3, 0.4) is 0 Å². The molecule has 0 radical (unpaired) electrons. The van der Waals surface area contributed by atoms with Crippen LogP contribution in [0.4, 0.5) is 0 Å². The van der Waals surface area contributed by atoms with E-state index in [0.29, 0.717) is 15.5 Å². The van der Waals surface area contributed by atoms with E-state index in [-0.39, 0.29) is 5.91 Å². The molecule has 0 fully saturated rings. The lowest BCUT2D eigenvalue weighted by atomic mass is 10.2. The first kappa shape index (κ1) is 14.6. The molecule has 0 spiro atoms. The highest BCUT2D eigenvalue weighted by Crippen LogP contribution is 2.17. The van der Waals surface area contributed by atoms with E-state index in [9.17, 15) is 9.59 Å². The number of aryl methyl sites for hydroxylation is 1. The van der Waals surface area contributed by atoms with Crippen LogP contribution >= 0.6 is 22.9 Å². The van der Waals surface area contributed by atoms with Gasteiger partial charge in [-0.1, -0.05) is 30.7 Å². The summed E-state index contributed by atoms with van der Waals surface area (Å²) < 4.78 is 0. The molecule has 1 aromatic heterocycles. The number of halogens is 1. The lowest BCUT2D eigenvalue weighted by Gasteiger charge is -2.07. The van der Waals surface area contributed by atoms with Crippen molar-refractivity contribution in [1.82, 2.24) is 10.9 Å². The number of carbonyl (C=O) groups excluding carboxylic acids is 2. The topological polar surface area (TPSA) is 58.2 Å². The van der Waals surface area contributed by atoms with Crippen molar-refractivity contribution in [2.75, 3.05) is 0 Å². The van der Waals surface area contributed by atoms with E-state index in [1.165, 1.54) is 11.3 Å². The molecule has 0 aliphatic heterocycles. The van der Waals surface area contributed by atoms with Crippen molar-refractivity contribution in [2.45, 2.75) is 13.3 Å². The zero-order valence-electron chi connectivity index (χ0n) is 10.8. The summed E-state index contributed by atoms with van der Waals surface area (Å²) in [5, 5.41) is 0.337. The third-order valence-electron chi connectivity index (χ3n) is 2.64. The second-order valence-corrected chi connectivity index (χ2v) is 5.58. The van der Waals surface area contributed by atoms with Crippen molar-refractivity contribution in [1.29, 1.82) is 0 Å². The summed E-state index contributed by atoms with van der Waals surface area (Å²) in [6.07, 6.45) is 0.879. The average Bonchev–Trinajstić information content (AvgIpc) is 2.94. The summed E-state index contributed by atoms with van der Waals surface area (Å²) in [5.74, 6) is -0.786. The molecule has 0 atom stereocenters. The summed E-state index contributed by atoms with van der Waals surface area (Å²) in [6.45, 7) is 2.02. The van der Waals surface area contributed by atoms with Gasteiger partial charge in [0.05, 0.1) is 15.5 Å². The molecule has 1 aromatic carbocycles. The Balaban J connectivity index is 1.97. The van der Waals surface area contributed by atoms with Gasteiger partial charge in [0, 0.05) is 4.88 Å². The molecule has 2 amide bonds. The Morgan fingerprint density at radius 2 is 1.80 bits per heavy atom. The minimum Gasteiger partial charge on any atom is -0.267 e. The van der Waals surface area contributed by atoms with E-state index in [4.69, 9.17) is 11.6 Å². The zero-order valence-corrected chi connectivity index (χ0v) is 12.3. The molecule has 2 N–H and O–H groups in total. The van der Waals surface area contributed by atoms with Crippen molar-refractivity contribution in [2.24, 2.45) is 0 Å². The third-order valence-corrected chi connectivity index (χ3v) is 4.20. The first-order valence-electron chi connectivity index (χ1n) is 6.05. The van der Waals surface area contributed by atoms with Crippen LogP contribution in [0.1, 0.15) is 31.8 Å². The zero-order chi connectivity index (χ0) is 14.5. The predicted octanol–water partition coefficient (Wildman–Crippen LogP) is 3.04. The van der Waals surface area contributed by atoms with Gasteiger partial charge in [-0.05, 0) is 30.7 Å². The number of benzene rings is 1. The highest BCUT2D eigenvalue weighted by Gasteiger charge is 2.12. The first-order chi connectivity index (χ1) is 9.61. The maximum atomic E-state index is 11.9. The number of hydrogen-bond donors (Lipinski definition) is 2. The third kappa shape index (κ3) is 3.37. The highest BCUT2D eigenvalue weighted by atomic mass is 35.5. The Morgan fingerprint density at radius 1 is 1.10 bits per heavy atom. The summed E-state index contributed by atoms with van der Waals surface area (Å²) in [5.41, 5.74) is 5.04. The van der Waals surface area contributed by atoms with Gasteiger partial charge in [-0.15, -0.1) is 11.3 Å². The number of rotatable bonds is 3. The molecular weight excluding hydrogens is 296 g/mol. The standard InChI is InChI=1S/C14H13ClN2O2S/c1-2-9-7-8-12(20-9)14(19)17-16-13(18)10-5-3-4-6-11(10)15/h3-8H,2H2,1H3,(H,16,18)(H,17,19). The number of thiophene rings is 1. The molecule has 0 unspecified atom stereocenters. The minimum absolute atomic E-state index is 0.315. The predicted molar refractivity (Wildman–Crippen MR) is 80.1 cm³/mol. The van der Waals surface area contributed by atoms with Gasteiger partial charge in [0.1, 0.15) is 0 Å². The molecule has 2 aromatic rings. The quantitative estimate of drug-likeness (QED) is 0.856. The normalized spacial score (nSPS) is 10.1. The molecular formula is C14H13ClN2O2S. The lowest BCUT2D eigenvalue weighted by Crippen LogP contribution is -2.41. The van der Waals surface area contributed by atoms with Gasteiger partial charge in [0.15, 0.2) is 0 Å². The first-order valence-corrected chi connectivity index (χ1v) is 7.25. The van der Waals surface area contributed by atoms with Gasteiger partial charge in [0.2, 0.25) is 0 Å². The van der Waals surface area contributed by atoms with Gasteiger partial charge in [-0.3, -0.25) is 20.4 Å². The Kier molecular flexibility index (Phi) is 4.76. The Morgan fingerprint density at radius 3 is 2.45 bits per heavy atom. The smallest absolute Gasteiger partial charge is 0.267 e. The molecule has 1 heterocycles. The summed E-state index contributed by atoms with van der Waals surface area (Å²) >= 11 is 7.30. The molecule has 0 bridgehead atoms. The number of nitrogens with one attached hydrogen (secondary N) is 2. The summed E-state index contributed by atoms with van der Waals surface area (Å²) in [4.78, 5) is 25.4. The van der Waals surface area contributed by atoms with Crippen LogP contribution < -0.4 is 10.9 Å². The maximum absolute atomic E-state index is 11.9. The fraction of sp³-hybridized carbons (Fsp3) is 0.143. The van der Waals surface area contributed by atoms with Crippen molar-refractivity contribution < 1.29 is 9.59 Å². The van der Waals surface area contributed by atoms with Crippen LogP contribution in [-0.2, 0) is 6.42 Å². The summed E-state index contributed by atoms with van der Waals surface area (Å²) in [6, 6.07) is 10.3. The van der Waals surface area contributed by atoms with Crippen LogP contribution in [0.15, 0.2) is 36.4 Å². The van der Waals surface area contributed by atoms with E-state index in [1.807, 2.05) is 13.0 Å². The van der Waals surface area contributed by atoms with Crippen LogP contribution in [0.2, 0.25) is 5.02 Å². The lowest BCUT2D eigenvalue weighted by molar-refractivity contribution is 0.0849. The number of amides is 2. The van der Waals surface area contributed by atoms with E-state index in [1.54, 1.807) is 30.3 Å². The molecule has 2 rings (SSSR count). The fourth-order valence-electron chi connectivity index (χ4n) is 1.58. The molecule has 0 saturated carbocycles. The van der Waals surface area contributed by atoms with Crippen LogP contribution in [0.25, 0.3) is 0 Å². The molecule has 0 saturated heterocycles. The van der Waals surface area contributed by atoms with Crippen LogP contribution in [0, 0.1) is 0 Å². The summed E-state index contributed by atoms with van der Waals surface area (Å²) in [7, 11) is 0. The number of hydrogen-bond acceptors (Lipinski definition) is 3. The van der Waals surface area contributed by atoms with E-state index < -0.39 is 5.91 Å². The Labute approximate surface area is 125 Å². The van der Waals surface area contributed by atoms with Crippen molar-refractivity contribution in [3.05, 3.63) is 56.7 Å². The van der Waals surface area contributed by atoms with Gasteiger partial charge in [-0.25, -0.2) is 0 Å². The van der Waals surface area contributed by atoms with Gasteiger partial charge >= 0.3 is 0 Å². The van der Waals surface area contributed by atoms with Crippen LogP contribution in [-0.4, -0.2) is 11.8 Å². The largest absolute Gasteiger partial charge is 0.279 e. The molecule has 6 heteroatoms. The van der Waals surface area contributed by atoms with E-state index >= 15 is 0 Å². The van der Waals surface area contributed by atoms with Crippen molar-refractivity contribution in [3.8, 4) is 0 Å². The Bertz CT molecular complexity index is 640. The SMILES string of the molecule is CCc1ccc(C(=O)NNC(=O)c2ccccc2Cl)s1. The minimum atomic E-state index is -0.448. The van der Waals surface area contributed by atoms with Gasteiger partial charge in [-0.2, -0.15) is 0 Å². The average molecular weight is 309 g/mol. The molecule has 20 heavy (non-hydrogen) atoms. The van der Waals surface area contributed by atoms with E-state index in [2.05, 4.69) is 10.9 Å². The maximum Gasteiger partial charge on any atom is 0.279 e.